The Morgan fingerprint density at radius 1 is 1.13 bits per heavy atom. The first kappa shape index (κ1) is 15.0. The molecule has 1 heterocycles. The summed E-state index contributed by atoms with van der Waals surface area (Å²) in [6.07, 6.45) is 1.54. The van der Waals surface area contributed by atoms with Gasteiger partial charge >= 0.3 is 6.03 Å². The van der Waals surface area contributed by atoms with E-state index in [-0.39, 0.29) is 24.0 Å². The molecule has 2 aromatic rings. The van der Waals surface area contributed by atoms with E-state index in [4.69, 9.17) is 0 Å². The molecule has 4 nitrogen and oxygen atoms in total. The van der Waals surface area contributed by atoms with Crippen LogP contribution in [0.4, 0.5) is 9.18 Å². The second kappa shape index (κ2) is 6.04. The molecule has 116 valence electrons. The highest BCUT2D eigenvalue weighted by Crippen LogP contribution is 2.17. The second-order valence-corrected chi connectivity index (χ2v) is 5.42. The smallest absolute Gasteiger partial charge is 0.303 e. The van der Waals surface area contributed by atoms with Crippen LogP contribution in [0.25, 0.3) is 6.08 Å². The van der Waals surface area contributed by atoms with Crippen molar-refractivity contribution in [3.8, 4) is 0 Å². The maximum absolute atomic E-state index is 12.9. The molecule has 0 atom stereocenters. The maximum atomic E-state index is 12.9. The van der Waals surface area contributed by atoms with Gasteiger partial charge in [0.25, 0.3) is 5.91 Å². The number of rotatable bonds is 3. The van der Waals surface area contributed by atoms with Crippen molar-refractivity contribution in [2.45, 2.75) is 13.5 Å². The first-order valence-corrected chi connectivity index (χ1v) is 7.18. The summed E-state index contributed by atoms with van der Waals surface area (Å²) in [7, 11) is 0. The van der Waals surface area contributed by atoms with Crippen molar-refractivity contribution in [3.05, 3.63) is 76.7 Å². The molecule has 1 N–H and O–H groups in total. The number of carbonyl (C=O) groups excluding carboxylic acids is 2. The van der Waals surface area contributed by atoms with Gasteiger partial charge in [0.15, 0.2) is 0 Å². The summed E-state index contributed by atoms with van der Waals surface area (Å²) in [4.78, 5) is 25.6. The molecule has 2 aromatic carbocycles. The van der Waals surface area contributed by atoms with Gasteiger partial charge in [-0.15, -0.1) is 0 Å². The van der Waals surface area contributed by atoms with E-state index in [2.05, 4.69) is 5.32 Å². The van der Waals surface area contributed by atoms with Crippen LogP contribution in [0.2, 0.25) is 0 Å². The van der Waals surface area contributed by atoms with Crippen LogP contribution in [0.1, 0.15) is 16.7 Å². The maximum Gasteiger partial charge on any atom is 0.329 e. The number of halogens is 1. The SMILES string of the molecule is Cc1cccc(CN2C(=O)NC(=Cc3ccc(F)cc3)C2=O)c1. The number of aryl methyl sites for hydroxylation is 1. The molecular weight excluding hydrogens is 295 g/mol. The van der Waals surface area contributed by atoms with Crippen molar-refractivity contribution in [2.75, 3.05) is 0 Å². The van der Waals surface area contributed by atoms with Crippen molar-refractivity contribution in [1.82, 2.24) is 10.2 Å². The van der Waals surface area contributed by atoms with Crippen LogP contribution in [0.3, 0.4) is 0 Å². The molecule has 1 fully saturated rings. The lowest BCUT2D eigenvalue weighted by Gasteiger charge is -2.12. The minimum Gasteiger partial charge on any atom is -0.303 e. The van der Waals surface area contributed by atoms with Gasteiger partial charge < -0.3 is 5.32 Å². The minimum absolute atomic E-state index is 0.189. The molecule has 0 aromatic heterocycles. The summed E-state index contributed by atoms with van der Waals surface area (Å²) >= 11 is 0. The first-order valence-electron chi connectivity index (χ1n) is 7.18. The number of amides is 3. The van der Waals surface area contributed by atoms with Crippen LogP contribution in [0.5, 0.6) is 0 Å². The van der Waals surface area contributed by atoms with Crippen molar-refractivity contribution < 1.29 is 14.0 Å². The molecule has 5 heteroatoms. The molecule has 23 heavy (non-hydrogen) atoms. The van der Waals surface area contributed by atoms with Gasteiger partial charge in [-0.1, -0.05) is 42.0 Å². The van der Waals surface area contributed by atoms with Crippen molar-refractivity contribution in [3.63, 3.8) is 0 Å². The first-order chi connectivity index (χ1) is 11.0. The Morgan fingerprint density at radius 3 is 2.57 bits per heavy atom. The average Bonchev–Trinajstić information content (AvgIpc) is 2.77. The Morgan fingerprint density at radius 2 is 1.87 bits per heavy atom. The Hall–Kier alpha value is -2.95. The van der Waals surface area contributed by atoms with Crippen molar-refractivity contribution in [1.29, 1.82) is 0 Å². The third-order valence-electron chi connectivity index (χ3n) is 3.57. The molecule has 0 aliphatic carbocycles. The van der Waals surface area contributed by atoms with E-state index in [0.717, 1.165) is 16.0 Å². The fraction of sp³-hybridized carbons (Fsp3) is 0.111. The van der Waals surface area contributed by atoms with E-state index in [1.54, 1.807) is 12.1 Å². The largest absolute Gasteiger partial charge is 0.329 e. The molecule has 0 spiro atoms. The summed E-state index contributed by atoms with van der Waals surface area (Å²) in [6, 6.07) is 12.9. The molecule has 0 bridgehead atoms. The Labute approximate surface area is 133 Å². The van der Waals surface area contributed by atoms with Gasteiger partial charge in [0.05, 0.1) is 6.54 Å². The number of nitrogens with zero attached hydrogens (tertiary/aromatic N) is 1. The summed E-state index contributed by atoms with van der Waals surface area (Å²) in [5, 5.41) is 2.56. The predicted octanol–water partition coefficient (Wildman–Crippen LogP) is 3.23. The van der Waals surface area contributed by atoms with Crippen LogP contribution in [0, 0.1) is 12.7 Å². The zero-order valence-electron chi connectivity index (χ0n) is 12.5. The van der Waals surface area contributed by atoms with Gasteiger partial charge in [-0.05, 0) is 36.3 Å². The third-order valence-corrected chi connectivity index (χ3v) is 3.57. The Kier molecular flexibility index (Phi) is 3.93. The molecule has 0 saturated carbocycles. The van der Waals surface area contributed by atoms with E-state index < -0.39 is 6.03 Å². The van der Waals surface area contributed by atoms with Crippen LogP contribution in [-0.4, -0.2) is 16.8 Å². The molecule has 1 aliphatic rings. The third kappa shape index (κ3) is 3.29. The number of benzene rings is 2. The topological polar surface area (TPSA) is 49.4 Å². The van der Waals surface area contributed by atoms with Gasteiger partial charge in [0, 0.05) is 0 Å². The van der Waals surface area contributed by atoms with E-state index in [1.165, 1.54) is 18.2 Å². The van der Waals surface area contributed by atoms with E-state index >= 15 is 0 Å². The fourth-order valence-corrected chi connectivity index (χ4v) is 2.43. The zero-order valence-corrected chi connectivity index (χ0v) is 12.5. The lowest BCUT2D eigenvalue weighted by Crippen LogP contribution is -2.30. The molecule has 1 saturated heterocycles. The van der Waals surface area contributed by atoms with Gasteiger partial charge in [0.1, 0.15) is 11.5 Å². The highest BCUT2D eigenvalue weighted by atomic mass is 19.1. The van der Waals surface area contributed by atoms with Crippen LogP contribution in [0.15, 0.2) is 54.2 Å². The van der Waals surface area contributed by atoms with Crippen LogP contribution < -0.4 is 5.32 Å². The molecule has 0 unspecified atom stereocenters. The van der Waals surface area contributed by atoms with Gasteiger partial charge in [-0.3, -0.25) is 9.69 Å². The fourth-order valence-electron chi connectivity index (χ4n) is 2.43. The molecule has 3 amide bonds. The zero-order chi connectivity index (χ0) is 16.4. The lowest BCUT2D eigenvalue weighted by molar-refractivity contribution is -0.123. The molecule has 3 rings (SSSR count). The van der Waals surface area contributed by atoms with E-state index in [1.807, 2.05) is 31.2 Å². The summed E-state index contributed by atoms with van der Waals surface area (Å²) in [5.41, 5.74) is 2.79. The standard InChI is InChI=1S/C18H15FN2O2/c1-12-3-2-4-14(9-12)11-21-17(22)16(20-18(21)23)10-13-5-7-15(19)8-6-13/h2-10H,11H2,1H3,(H,20,23). The quantitative estimate of drug-likeness (QED) is 0.699. The van der Waals surface area contributed by atoms with Gasteiger partial charge in [-0.2, -0.15) is 0 Å². The molecule has 1 aliphatic heterocycles. The van der Waals surface area contributed by atoms with Crippen molar-refractivity contribution in [2.24, 2.45) is 0 Å². The summed E-state index contributed by atoms with van der Waals surface area (Å²) in [6.45, 7) is 2.17. The Bertz CT molecular complexity index is 797. The lowest BCUT2D eigenvalue weighted by atomic mass is 10.1. The van der Waals surface area contributed by atoms with Gasteiger partial charge in [0.2, 0.25) is 0 Å². The highest BCUT2D eigenvalue weighted by Gasteiger charge is 2.33. The molecular formula is C18H15FN2O2. The number of urea groups is 1. The average molecular weight is 310 g/mol. The highest BCUT2D eigenvalue weighted by molar-refractivity contribution is 6.13. The van der Waals surface area contributed by atoms with E-state index in [9.17, 15) is 14.0 Å². The van der Waals surface area contributed by atoms with Crippen LogP contribution in [-0.2, 0) is 11.3 Å². The van der Waals surface area contributed by atoms with Crippen molar-refractivity contribution >= 4 is 18.0 Å². The van der Waals surface area contributed by atoms with Crippen LogP contribution >= 0.6 is 0 Å². The Balaban J connectivity index is 1.81. The minimum atomic E-state index is -0.454. The number of hydrogen-bond donors (Lipinski definition) is 1. The van der Waals surface area contributed by atoms with Gasteiger partial charge in [-0.25, -0.2) is 9.18 Å². The normalized spacial score (nSPS) is 16.1. The number of hydrogen-bond acceptors (Lipinski definition) is 2. The number of imide groups is 1. The monoisotopic (exact) mass is 310 g/mol. The molecule has 0 radical (unpaired) electrons. The van der Waals surface area contributed by atoms with E-state index in [0.29, 0.717) is 5.56 Å². The predicted molar refractivity (Wildman–Crippen MR) is 84.6 cm³/mol. The number of nitrogens with one attached hydrogen (secondary N) is 1. The number of carbonyl (C=O) groups is 2. The summed E-state index contributed by atoms with van der Waals surface area (Å²) < 4.78 is 12.9. The second-order valence-electron chi connectivity index (χ2n) is 5.42. The summed E-state index contributed by atoms with van der Waals surface area (Å²) in [5.74, 6) is -0.740.